The quantitative estimate of drug-likeness (QED) is 0.868. The Balaban J connectivity index is 1.37. The number of hydrogen-bond donors (Lipinski definition) is 1. The number of amides is 3. The highest BCUT2D eigenvalue weighted by molar-refractivity contribution is 6.10. The molecule has 0 bridgehead atoms. The van der Waals surface area contributed by atoms with E-state index in [4.69, 9.17) is 4.74 Å². The number of rotatable bonds is 5. The summed E-state index contributed by atoms with van der Waals surface area (Å²) >= 11 is 0. The number of nitrogens with zero attached hydrogens (tertiary/aromatic N) is 2. The summed E-state index contributed by atoms with van der Waals surface area (Å²) in [6.07, 6.45) is -0.369. The van der Waals surface area contributed by atoms with Crippen LogP contribution in [0.3, 0.4) is 0 Å². The molecule has 0 saturated carbocycles. The summed E-state index contributed by atoms with van der Waals surface area (Å²) < 4.78 is 4.95. The predicted octanol–water partition coefficient (Wildman–Crippen LogP) is 2.39. The van der Waals surface area contributed by atoms with Gasteiger partial charge in [-0.3, -0.25) is 19.4 Å². The molecule has 2 heterocycles. The zero-order valence-corrected chi connectivity index (χ0v) is 15.2. The first-order chi connectivity index (χ1) is 13.5. The van der Waals surface area contributed by atoms with Crippen molar-refractivity contribution in [3.63, 3.8) is 0 Å². The maximum atomic E-state index is 12.5. The normalized spacial score (nSPS) is 15.6. The monoisotopic (exact) mass is 377 g/mol. The van der Waals surface area contributed by atoms with Gasteiger partial charge in [-0.25, -0.2) is 4.79 Å². The van der Waals surface area contributed by atoms with Gasteiger partial charge < -0.3 is 10.1 Å². The van der Waals surface area contributed by atoms with Gasteiger partial charge in [0.25, 0.3) is 5.91 Å². The highest BCUT2D eigenvalue weighted by atomic mass is 16.6. The Kier molecular flexibility index (Phi) is 4.57. The van der Waals surface area contributed by atoms with Gasteiger partial charge in [0, 0.05) is 29.1 Å². The van der Waals surface area contributed by atoms with Crippen LogP contribution >= 0.6 is 0 Å². The van der Waals surface area contributed by atoms with E-state index < -0.39 is 0 Å². The fourth-order valence-corrected chi connectivity index (χ4v) is 3.36. The lowest BCUT2D eigenvalue weighted by atomic mass is 10.1. The lowest BCUT2D eigenvalue weighted by Gasteiger charge is -2.17. The zero-order valence-electron chi connectivity index (χ0n) is 15.2. The smallest absolute Gasteiger partial charge is 0.414 e. The molecule has 2 aromatic rings. The predicted molar refractivity (Wildman–Crippen MR) is 103 cm³/mol. The van der Waals surface area contributed by atoms with E-state index in [1.807, 2.05) is 36.4 Å². The standard InChI is InChI=1S/C21H19N3O4/c1-14-17-7-2-3-8-18(17)20(26)24(14)13-19(25)22-12-15-5-4-6-16(11-15)23-9-10-28-21(23)27/h2-8,11H,1,9-10,12-13H2,(H,22,25). The lowest BCUT2D eigenvalue weighted by Crippen LogP contribution is -2.36. The molecule has 142 valence electrons. The number of fused-ring (bicyclic) bond motifs is 1. The molecule has 0 radical (unpaired) electrons. The van der Waals surface area contributed by atoms with Crippen molar-refractivity contribution in [2.75, 3.05) is 24.6 Å². The van der Waals surface area contributed by atoms with Crippen molar-refractivity contribution < 1.29 is 19.1 Å². The molecule has 0 spiro atoms. The SMILES string of the molecule is C=C1c2ccccc2C(=O)N1CC(=O)NCc1cccc(N2CCOC2=O)c1. The zero-order chi connectivity index (χ0) is 19.7. The number of nitrogens with one attached hydrogen (secondary N) is 1. The van der Waals surface area contributed by atoms with Gasteiger partial charge in [0.1, 0.15) is 13.2 Å². The van der Waals surface area contributed by atoms with Crippen LogP contribution in [0.1, 0.15) is 21.5 Å². The van der Waals surface area contributed by atoms with Crippen molar-refractivity contribution in [3.05, 3.63) is 71.8 Å². The van der Waals surface area contributed by atoms with Gasteiger partial charge in [-0.05, 0) is 23.8 Å². The van der Waals surface area contributed by atoms with E-state index in [0.29, 0.717) is 24.4 Å². The van der Waals surface area contributed by atoms with E-state index in [-0.39, 0.29) is 31.0 Å². The van der Waals surface area contributed by atoms with Crippen LogP contribution in [0.25, 0.3) is 5.70 Å². The van der Waals surface area contributed by atoms with Crippen molar-refractivity contribution in [2.45, 2.75) is 6.54 Å². The molecule has 7 nitrogen and oxygen atoms in total. The summed E-state index contributed by atoms with van der Waals surface area (Å²) in [6.45, 7) is 5.01. The number of carbonyl (C=O) groups excluding carboxylic acids is 3. The maximum absolute atomic E-state index is 12.5. The van der Waals surface area contributed by atoms with Crippen LogP contribution in [-0.2, 0) is 16.1 Å². The molecule has 4 rings (SSSR count). The second kappa shape index (κ2) is 7.19. The number of anilines is 1. The van der Waals surface area contributed by atoms with Crippen LogP contribution in [0.2, 0.25) is 0 Å². The second-order valence-corrected chi connectivity index (χ2v) is 6.60. The Morgan fingerprint density at radius 2 is 1.89 bits per heavy atom. The molecule has 2 aliphatic heterocycles. The number of ether oxygens (including phenoxy) is 1. The molecule has 1 N–H and O–H groups in total. The Hall–Kier alpha value is -3.61. The van der Waals surface area contributed by atoms with Crippen molar-refractivity contribution >= 4 is 29.3 Å². The molecule has 0 aromatic heterocycles. The highest BCUT2D eigenvalue weighted by Crippen LogP contribution is 2.30. The Morgan fingerprint density at radius 3 is 2.61 bits per heavy atom. The third-order valence-corrected chi connectivity index (χ3v) is 4.81. The lowest BCUT2D eigenvalue weighted by molar-refractivity contribution is -0.121. The second-order valence-electron chi connectivity index (χ2n) is 6.60. The van der Waals surface area contributed by atoms with Crippen molar-refractivity contribution in [3.8, 4) is 0 Å². The van der Waals surface area contributed by atoms with Gasteiger partial charge in [0.2, 0.25) is 5.91 Å². The minimum absolute atomic E-state index is 0.0928. The highest BCUT2D eigenvalue weighted by Gasteiger charge is 2.31. The first-order valence-corrected chi connectivity index (χ1v) is 8.94. The summed E-state index contributed by atoms with van der Waals surface area (Å²) in [5.74, 6) is -0.501. The van der Waals surface area contributed by atoms with E-state index >= 15 is 0 Å². The molecular formula is C21H19N3O4. The summed E-state index contributed by atoms with van der Waals surface area (Å²) in [7, 11) is 0. The van der Waals surface area contributed by atoms with Crippen molar-refractivity contribution in [1.82, 2.24) is 10.2 Å². The first kappa shape index (κ1) is 17.8. The van der Waals surface area contributed by atoms with Gasteiger partial charge in [0.05, 0.1) is 6.54 Å². The van der Waals surface area contributed by atoms with Crippen molar-refractivity contribution in [1.29, 1.82) is 0 Å². The number of carbonyl (C=O) groups is 3. The molecule has 0 aliphatic carbocycles. The van der Waals surface area contributed by atoms with E-state index in [2.05, 4.69) is 11.9 Å². The molecule has 28 heavy (non-hydrogen) atoms. The minimum atomic E-state index is -0.369. The van der Waals surface area contributed by atoms with Crippen LogP contribution in [0, 0.1) is 0 Å². The number of cyclic esters (lactones) is 1. The minimum Gasteiger partial charge on any atom is -0.447 e. The molecule has 0 atom stereocenters. The van der Waals surface area contributed by atoms with Gasteiger partial charge in [-0.1, -0.05) is 36.9 Å². The Labute approximate surface area is 162 Å². The third kappa shape index (κ3) is 3.22. The van der Waals surface area contributed by atoms with E-state index in [9.17, 15) is 14.4 Å². The maximum Gasteiger partial charge on any atom is 0.414 e. The van der Waals surface area contributed by atoms with Crippen LogP contribution in [-0.4, -0.2) is 42.5 Å². The van der Waals surface area contributed by atoms with Crippen LogP contribution in [0.15, 0.2) is 55.1 Å². The van der Waals surface area contributed by atoms with Gasteiger partial charge in [0.15, 0.2) is 0 Å². The Morgan fingerprint density at radius 1 is 1.11 bits per heavy atom. The average Bonchev–Trinajstić information content (AvgIpc) is 3.24. The van der Waals surface area contributed by atoms with E-state index in [1.54, 1.807) is 17.0 Å². The number of hydrogen-bond acceptors (Lipinski definition) is 4. The van der Waals surface area contributed by atoms with Gasteiger partial charge in [-0.15, -0.1) is 0 Å². The summed E-state index contributed by atoms with van der Waals surface area (Å²) in [5.41, 5.74) is 3.43. The van der Waals surface area contributed by atoms with E-state index in [0.717, 1.165) is 16.8 Å². The van der Waals surface area contributed by atoms with Crippen LogP contribution in [0.4, 0.5) is 10.5 Å². The Bertz CT molecular complexity index is 950. The number of benzene rings is 2. The molecule has 7 heteroatoms. The van der Waals surface area contributed by atoms with E-state index in [1.165, 1.54) is 4.90 Å². The largest absolute Gasteiger partial charge is 0.447 e. The summed E-state index contributed by atoms with van der Waals surface area (Å²) in [6, 6.07) is 14.5. The summed E-state index contributed by atoms with van der Waals surface area (Å²) in [4.78, 5) is 39.5. The molecular weight excluding hydrogens is 358 g/mol. The van der Waals surface area contributed by atoms with Gasteiger partial charge in [-0.2, -0.15) is 0 Å². The van der Waals surface area contributed by atoms with Crippen LogP contribution in [0.5, 0.6) is 0 Å². The summed E-state index contributed by atoms with van der Waals surface area (Å²) in [5, 5.41) is 2.81. The molecule has 1 saturated heterocycles. The third-order valence-electron chi connectivity index (χ3n) is 4.81. The van der Waals surface area contributed by atoms with Crippen LogP contribution < -0.4 is 10.2 Å². The molecule has 1 fully saturated rings. The molecule has 0 unspecified atom stereocenters. The fourth-order valence-electron chi connectivity index (χ4n) is 3.36. The molecule has 2 aromatic carbocycles. The molecule has 3 amide bonds. The topological polar surface area (TPSA) is 79.0 Å². The first-order valence-electron chi connectivity index (χ1n) is 8.94. The van der Waals surface area contributed by atoms with Gasteiger partial charge >= 0.3 is 6.09 Å². The van der Waals surface area contributed by atoms with Crippen molar-refractivity contribution in [2.24, 2.45) is 0 Å². The fraction of sp³-hybridized carbons (Fsp3) is 0.190. The average molecular weight is 377 g/mol. The molecule has 2 aliphatic rings.